The predicted molar refractivity (Wildman–Crippen MR) is 121 cm³/mol. The standard InChI is InChI=1S/C25H29NO2.ClH/c1-20(24(27)21-12-6-3-7-13-21)26(2)18-19-28-25(22-14-8-4-9-15-22)23-16-10-5-11-17-23;/h3-17,20,24-25,27H,18-19H2,1-2H3;1H. The molecule has 0 aromatic heterocycles. The lowest BCUT2D eigenvalue weighted by Crippen LogP contribution is -2.36. The van der Waals surface area contributed by atoms with Gasteiger partial charge in [-0.15, -0.1) is 12.4 Å². The summed E-state index contributed by atoms with van der Waals surface area (Å²) >= 11 is 0. The van der Waals surface area contributed by atoms with Crippen LogP contribution in [0, 0.1) is 0 Å². The molecule has 2 unspecified atom stereocenters. The maximum Gasteiger partial charge on any atom is 0.108 e. The van der Waals surface area contributed by atoms with Crippen molar-refractivity contribution in [1.29, 1.82) is 0 Å². The molecule has 0 bridgehead atoms. The summed E-state index contributed by atoms with van der Waals surface area (Å²) in [4.78, 5) is 2.14. The minimum Gasteiger partial charge on any atom is -0.387 e. The monoisotopic (exact) mass is 411 g/mol. The van der Waals surface area contributed by atoms with E-state index in [1.54, 1.807) is 0 Å². The molecule has 154 valence electrons. The Bertz CT molecular complexity index is 775. The molecule has 1 N–H and O–H groups in total. The molecule has 29 heavy (non-hydrogen) atoms. The van der Waals surface area contributed by atoms with Crippen LogP contribution in [0.5, 0.6) is 0 Å². The zero-order valence-corrected chi connectivity index (χ0v) is 17.8. The summed E-state index contributed by atoms with van der Waals surface area (Å²) in [5.41, 5.74) is 3.23. The van der Waals surface area contributed by atoms with Gasteiger partial charge in [-0.05, 0) is 30.7 Å². The highest BCUT2D eigenvalue weighted by Crippen LogP contribution is 2.26. The van der Waals surface area contributed by atoms with Gasteiger partial charge in [-0.25, -0.2) is 0 Å². The van der Waals surface area contributed by atoms with E-state index in [0.717, 1.165) is 23.2 Å². The molecule has 0 radical (unpaired) electrons. The van der Waals surface area contributed by atoms with E-state index in [4.69, 9.17) is 4.74 Å². The minimum atomic E-state index is -0.523. The summed E-state index contributed by atoms with van der Waals surface area (Å²) in [7, 11) is 2.03. The maximum atomic E-state index is 10.6. The van der Waals surface area contributed by atoms with Crippen molar-refractivity contribution >= 4 is 12.4 Å². The molecule has 0 spiro atoms. The fourth-order valence-electron chi connectivity index (χ4n) is 3.33. The zero-order valence-electron chi connectivity index (χ0n) is 17.0. The predicted octanol–water partition coefficient (Wildman–Crippen LogP) is 5.27. The normalized spacial score (nSPS) is 13.1. The maximum absolute atomic E-state index is 10.6. The van der Waals surface area contributed by atoms with Crippen molar-refractivity contribution in [1.82, 2.24) is 4.90 Å². The van der Waals surface area contributed by atoms with E-state index in [0.29, 0.717) is 6.61 Å². The fraction of sp³-hybridized carbons (Fsp3) is 0.280. The molecule has 2 atom stereocenters. The minimum absolute atomic E-state index is 0. The number of benzene rings is 3. The quantitative estimate of drug-likeness (QED) is 0.520. The second-order valence-corrected chi connectivity index (χ2v) is 7.15. The van der Waals surface area contributed by atoms with Crippen LogP contribution >= 0.6 is 12.4 Å². The molecule has 0 aliphatic rings. The average molecular weight is 412 g/mol. The third kappa shape index (κ3) is 6.41. The van der Waals surface area contributed by atoms with Gasteiger partial charge in [0, 0.05) is 12.6 Å². The Balaban J connectivity index is 0.00000300. The smallest absolute Gasteiger partial charge is 0.108 e. The summed E-state index contributed by atoms with van der Waals surface area (Å²) < 4.78 is 6.30. The SMILES string of the molecule is CC(C(O)c1ccccc1)N(C)CCOC(c1ccccc1)c1ccccc1.Cl. The highest BCUT2D eigenvalue weighted by Gasteiger charge is 2.21. The van der Waals surface area contributed by atoms with Crippen LogP contribution < -0.4 is 0 Å². The van der Waals surface area contributed by atoms with Gasteiger partial charge in [0.05, 0.1) is 12.7 Å². The van der Waals surface area contributed by atoms with E-state index in [2.05, 4.69) is 29.2 Å². The van der Waals surface area contributed by atoms with Gasteiger partial charge in [0.15, 0.2) is 0 Å². The lowest BCUT2D eigenvalue weighted by molar-refractivity contribution is 0.0294. The second kappa shape index (κ2) is 11.7. The van der Waals surface area contributed by atoms with E-state index in [9.17, 15) is 5.11 Å². The van der Waals surface area contributed by atoms with Crippen molar-refractivity contribution < 1.29 is 9.84 Å². The first kappa shape index (κ1) is 23.1. The molecule has 0 fully saturated rings. The molecule has 0 amide bonds. The Morgan fingerprint density at radius 3 is 1.62 bits per heavy atom. The van der Waals surface area contributed by atoms with E-state index in [-0.39, 0.29) is 24.6 Å². The van der Waals surface area contributed by atoms with Crippen molar-refractivity contribution in [3.63, 3.8) is 0 Å². The van der Waals surface area contributed by atoms with Gasteiger partial charge in [-0.2, -0.15) is 0 Å². The van der Waals surface area contributed by atoms with Crippen molar-refractivity contribution in [2.45, 2.75) is 25.2 Å². The third-order valence-electron chi connectivity index (χ3n) is 5.23. The van der Waals surface area contributed by atoms with Gasteiger partial charge < -0.3 is 9.84 Å². The van der Waals surface area contributed by atoms with Crippen LogP contribution in [0.4, 0.5) is 0 Å². The van der Waals surface area contributed by atoms with Crippen LogP contribution in [0.3, 0.4) is 0 Å². The first-order valence-corrected chi connectivity index (χ1v) is 9.81. The molecule has 3 nitrogen and oxygen atoms in total. The fourth-order valence-corrected chi connectivity index (χ4v) is 3.33. The highest BCUT2D eigenvalue weighted by atomic mass is 35.5. The zero-order chi connectivity index (χ0) is 19.8. The van der Waals surface area contributed by atoms with E-state index in [1.807, 2.05) is 80.7 Å². The van der Waals surface area contributed by atoms with Crippen LogP contribution in [-0.4, -0.2) is 36.2 Å². The number of likely N-dealkylation sites (N-methyl/N-ethyl adjacent to an activating group) is 1. The van der Waals surface area contributed by atoms with Crippen LogP contribution in [-0.2, 0) is 4.74 Å². The molecule has 0 heterocycles. The molecular weight excluding hydrogens is 382 g/mol. The molecule has 0 saturated carbocycles. The largest absolute Gasteiger partial charge is 0.387 e. The summed E-state index contributed by atoms with van der Waals surface area (Å²) in [6.45, 7) is 3.36. The number of hydrogen-bond donors (Lipinski definition) is 1. The van der Waals surface area contributed by atoms with Crippen molar-refractivity contribution in [3.8, 4) is 0 Å². The van der Waals surface area contributed by atoms with Crippen molar-refractivity contribution in [2.24, 2.45) is 0 Å². The Labute approximate surface area is 180 Å². The van der Waals surface area contributed by atoms with Gasteiger partial charge in [0.1, 0.15) is 6.10 Å². The molecule has 4 heteroatoms. The molecule has 0 saturated heterocycles. The Morgan fingerprint density at radius 2 is 1.17 bits per heavy atom. The number of halogens is 1. The van der Waals surface area contributed by atoms with Gasteiger partial charge in [-0.1, -0.05) is 91.0 Å². The van der Waals surface area contributed by atoms with E-state index >= 15 is 0 Å². The van der Waals surface area contributed by atoms with Gasteiger partial charge in [-0.3, -0.25) is 4.90 Å². The number of ether oxygens (including phenoxy) is 1. The Hall–Kier alpha value is -2.17. The average Bonchev–Trinajstić information content (AvgIpc) is 2.77. The lowest BCUT2D eigenvalue weighted by Gasteiger charge is -2.30. The molecule has 3 aromatic rings. The van der Waals surface area contributed by atoms with Gasteiger partial charge in [0.25, 0.3) is 0 Å². The number of rotatable bonds is 9. The van der Waals surface area contributed by atoms with Gasteiger partial charge >= 0.3 is 0 Å². The topological polar surface area (TPSA) is 32.7 Å². The first-order valence-electron chi connectivity index (χ1n) is 9.81. The second-order valence-electron chi connectivity index (χ2n) is 7.15. The number of hydrogen-bond acceptors (Lipinski definition) is 3. The summed E-state index contributed by atoms with van der Waals surface area (Å²) in [6.07, 6.45) is -0.615. The third-order valence-corrected chi connectivity index (χ3v) is 5.23. The van der Waals surface area contributed by atoms with Crippen molar-refractivity contribution in [3.05, 3.63) is 108 Å². The number of aliphatic hydroxyl groups is 1. The van der Waals surface area contributed by atoms with E-state index in [1.165, 1.54) is 0 Å². The first-order chi connectivity index (χ1) is 13.7. The van der Waals surface area contributed by atoms with Crippen molar-refractivity contribution in [2.75, 3.05) is 20.2 Å². The van der Waals surface area contributed by atoms with Gasteiger partial charge in [0.2, 0.25) is 0 Å². The Kier molecular flexibility index (Phi) is 9.36. The molecule has 0 aliphatic heterocycles. The van der Waals surface area contributed by atoms with E-state index < -0.39 is 6.10 Å². The molecule has 3 aromatic carbocycles. The summed E-state index contributed by atoms with van der Waals surface area (Å²) in [5, 5.41) is 10.6. The molecule has 3 rings (SSSR count). The van der Waals surface area contributed by atoms with Crippen LogP contribution in [0.1, 0.15) is 35.8 Å². The van der Waals surface area contributed by atoms with Crippen LogP contribution in [0.25, 0.3) is 0 Å². The number of nitrogens with zero attached hydrogens (tertiary/aromatic N) is 1. The summed E-state index contributed by atoms with van der Waals surface area (Å²) in [6, 6.07) is 30.4. The molecular formula is C25H30ClNO2. The van der Waals surface area contributed by atoms with Crippen LogP contribution in [0.2, 0.25) is 0 Å². The van der Waals surface area contributed by atoms with Crippen LogP contribution in [0.15, 0.2) is 91.0 Å². The summed E-state index contributed by atoms with van der Waals surface area (Å²) in [5.74, 6) is 0. The molecule has 0 aliphatic carbocycles. The highest BCUT2D eigenvalue weighted by molar-refractivity contribution is 5.85. The number of aliphatic hydroxyl groups excluding tert-OH is 1. The Morgan fingerprint density at radius 1 is 0.759 bits per heavy atom. The lowest BCUT2D eigenvalue weighted by atomic mass is 10.0.